The van der Waals surface area contributed by atoms with Gasteiger partial charge in [-0.3, -0.25) is 4.79 Å². The molecule has 1 aliphatic carbocycles. The fraction of sp³-hybridized carbons (Fsp3) is 0.368. The molecule has 1 aromatic heterocycles. The van der Waals surface area contributed by atoms with E-state index in [0.29, 0.717) is 22.0 Å². The molecule has 1 atom stereocenters. The molecule has 0 saturated heterocycles. The van der Waals surface area contributed by atoms with E-state index in [-0.39, 0.29) is 11.9 Å². The van der Waals surface area contributed by atoms with Crippen LogP contribution in [0.3, 0.4) is 0 Å². The third-order valence-corrected chi connectivity index (χ3v) is 5.77. The molecule has 0 aliphatic heterocycles. The predicted molar refractivity (Wildman–Crippen MR) is 95.9 cm³/mol. The molecular weight excluding hydrogens is 322 g/mol. The molecule has 24 heavy (non-hydrogen) atoms. The van der Waals surface area contributed by atoms with Crippen molar-refractivity contribution >= 4 is 28.2 Å². The number of esters is 1. The van der Waals surface area contributed by atoms with Crippen molar-refractivity contribution in [1.82, 2.24) is 0 Å². The van der Waals surface area contributed by atoms with Crippen LogP contribution in [0.4, 0.5) is 5.00 Å². The largest absolute Gasteiger partial charge is 0.465 e. The van der Waals surface area contributed by atoms with Crippen LogP contribution in [0, 0.1) is 5.92 Å². The van der Waals surface area contributed by atoms with E-state index in [0.717, 1.165) is 31.2 Å². The fourth-order valence-corrected chi connectivity index (χ4v) is 4.52. The molecule has 1 aromatic carbocycles. The van der Waals surface area contributed by atoms with E-state index in [1.165, 1.54) is 23.3 Å². The van der Waals surface area contributed by atoms with Gasteiger partial charge in [-0.2, -0.15) is 0 Å². The molecular formula is C19H21NO3S. The van der Waals surface area contributed by atoms with Crippen molar-refractivity contribution in [3.63, 3.8) is 0 Å². The van der Waals surface area contributed by atoms with E-state index in [9.17, 15) is 9.59 Å². The SMILES string of the molecule is CCC1CCc2c(sc(NC(=O)c3ccccc3)c2C(=O)OC)C1. The number of amides is 1. The second-order valence-electron chi connectivity index (χ2n) is 6.04. The second kappa shape index (κ2) is 7.18. The van der Waals surface area contributed by atoms with Gasteiger partial charge < -0.3 is 10.1 Å². The summed E-state index contributed by atoms with van der Waals surface area (Å²) in [6.07, 6.45) is 4.06. The van der Waals surface area contributed by atoms with Gasteiger partial charge in [0, 0.05) is 10.4 Å². The van der Waals surface area contributed by atoms with E-state index >= 15 is 0 Å². The first kappa shape index (κ1) is 16.7. The Morgan fingerprint density at radius 2 is 2.04 bits per heavy atom. The zero-order chi connectivity index (χ0) is 17.1. The smallest absolute Gasteiger partial charge is 0.341 e. The number of ether oxygens (including phenoxy) is 1. The van der Waals surface area contributed by atoms with Crippen molar-refractivity contribution in [2.75, 3.05) is 12.4 Å². The minimum atomic E-state index is -0.370. The number of rotatable bonds is 4. The lowest BCUT2D eigenvalue weighted by Gasteiger charge is -2.20. The van der Waals surface area contributed by atoms with Crippen LogP contribution in [0.25, 0.3) is 0 Å². The van der Waals surface area contributed by atoms with Gasteiger partial charge in [-0.25, -0.2) is 4.79 Å². The zero-order valence-electron chi connectivity index (χ0n) is 13.9. The highest BCUT2D eigenvalue weighted by molar-refractivity contribution is 7.17. The van der Waals surface area contributed by atoms with E-state index in [4.69, 9.17) is 4.74 Å². The summed E-state index contributed by atoms with van der Waals surface area (Å²) in [6.45, 7) is 2.20. The number of nitrogens with one attached hydrogen (secondary N) is 1. The lowest BCUT2D eigenvalue weighted by Crippen LogP contribution is -2.16. The van der Waals surface area contributed by atoms with Crippen LogP contribution in [0.5, 0.6) is 0 Å². The summed E-state index contributed by atoms with van der Waals surface area (Å²) in [5.41, 5.74) is 2.17. The van der Waals surface area contributed by atoms with E-state index in [2.05, 4.69) is 12.2 Å². The highest BCUT2D eigenvalue weighted by Gasteiger charge is 2.29. The lowest BCUT2D eigenvalue weighted by atomic mass is 9.85. The Bertz CT molecular complexity index is 751. The molecule has 0 radical (unpaired) electrons. The lowest BCUT2D eigenvalue weighted by molar-refractivity contribution is 0.0601. The van der Waals surface area contributed by atoms with Gasteiger partial charge in [-0.05, 0) is 42.9 Å². The van der Waals surface area contributed by atoms with Crippen LogP contribution in [0.15, 0.2) is 30.3 Å². The number of benzene rings is 1. The monoisotopic (exact) mass is 343 g/mol. The Hall–Kier alpha value is -2.14. The van der Waals surface area contributed by atoms with Gasteiger partial charge in [0.1, 0.15) is 5.00 Å². The molecule has 1 aliphatic rings. The number of hydrogen-bond acceptors (Lipinski definition) is 4. The van der Waals surface area contributed by atoms with E-state index in [1.54, 1.807) is 12.1 Å². The van der Waals surface area contributed by atoms with Crippen molar-refractivity contribution in [1.29, 1.82) is 0 Å². The topological polar surface area (TPSA) is 55.4 Å². The van der Waals surface area contributed by atoms with Crippen LogP contribution in [0.1, 0.15) is 50.9 Å². The van der Waals surface area contributed by atoms with Gasteiger partial charge in [0.15, 0.2) is 0 Å². The minimum Gasteiger partial charge on any atom is -0.465 e. The molecule has 0 bridgehead atoms. The molecule has 1 N–H and O–H groups in total. The Morgan fingerprint density at radius 3 is 2.71 bits per heavy atom. The Labute approximate surface area is 145 Å². The number of thiophene rings is 1. The van der Waals surface area contributed by atoms with Crippen LogP contribution < -0.4 is 5.32 Å². The van der Waals surface area contributed by atoms with Crippen molar-refractivity contribution in [3.8, 4) is 0 Å². The predicted octanol–water partition coefficient (Wildman–Crippen LogP) is 4.30. The highest BCUT2D eigenvalue weighted by atomic mass is 32.1. The van der Waals surface area contributed by atoms with Gasteiger partial charge in [-0.1, -0.05) is 31.5 Å². The molecule has 2 aromatic rings. The Balaban J connectivity index is 1.94. The van der Waals surface area contributed by atoms with Gasteiger partial charge in [0.25, 0.3) is 5.91 Å². The molecule has 1 unspecified atom stereocenters. The summed E-state index contributed by atoms with van der Waals surface area (Å²) in [6, 6.07) is 9.02. The molecule has 1 amide bonds. The Kier molecular flexibility index (Phi) is 5.00. The zero-order valence-corrected chi connectivity index (χ0v) is 14.7. The van der Waals surface area contributed by atoms with Gasteiger partial charge >= 0.3 is 5.97 Å². The molecule has 126 valence electrons. The van der Waals surface area contributed by atoms with Crippen molar-refractivity contribution < 1.29 is 14.3 Å². The van der Waals surface area contributed by atoms with Crippen molar-refractivity contribution in [2.45, 2.75) is 32.6 Å². The van der Waals surface area contributed by atoms with Gasteiger partial charge in [0.05, 0.1) is 12.7 Å². The molecule has 0 fully saturated rings. The summed E-state index contributed by atoms with van der Waals surface area (Å²) in [7, 11) is 1.38. The summed E-state index contributed by atoms with van der Waals surface area (Å²) >= 11 is 1.51. The average molecular weight is 343 g/mol. The molecule has 0 saturated carbocycles. The normalized spacial score (nSPS) is 16.3. The highest BCUT2D eigenvalue weighted by Crippen LogP contribution is 2.40. The number of carbonyl (C=O) groups is 2. The van der Waals surface area contributed by atoms with E-state index in [1.807, 2.05) is 18.2 Å². The minimum absolute atomic E-state index is 0.202. The molecule has 4 nitrogen and oxygen atoms in total. The number of methoxy groups -OCH3 is 1. The summed E-state index contributed by atoms with van der Waals surface area (Å²) < 4.78 is 4.96. The standard InChI is InChI=1S/C19H21NO3S/c1-3-12-9-10-14-15(11-12)24-18(16(14)19(22)23-2)20-17(21)13-7-5-4-6-8-13/h4-8,12H,3,9-11H2,1-2H3,(H,20,21). The van der Waals surface area contributed by atoms with Crippen molar-refractivity contribution in [3.05, 3.63) is 51.9 Å². The molecule has 0 spiro atoms. The van der Waals surface area contributed by atoms with Crippen LogP contribution in [-0.4, -0.2) is 19.0 Å². The first-order valence-electron chi connectivity index (χ1n) is 8.23. The maximum Gasteiger partial charge on any atom is 0.341 e. The first-order valence-corrected chi connectivity index (χ1v) is 9.05. The molecule has 5 heteroatoms. The van der Waals surface area contributed by atoms with E-state index < -0.39 is 0 Å². The maximum atomic E-state index is 12.5. The third kappa shape index (κ3) is 3.22. The van der Waals surface area contributed by atoms with Crippen LogP contribution in [0.2, 0.25) is 0 Å². The quantitative estimate of drug-likeness (QED) is 0.842. The summed E-state index contributed by atoms with van der Waals surface area (Å²) in [5, 5.41) is 3.52. The van der Waals surface area contributed by atoms with Gasteiger partial charge in [0.2, 0.25) is 0 Å². The fourth-order valence-electron chi connectivity index (χ4n) is 3.17. The summed E-state index contributed by atoms with van der Waals surface area (Å²) in [4.78, 5) is 25.9. The maximum absolute atomic E-state index is 12.5. The van der Waals surface area contributed by atoms with Crippen LogP contribution >= 0.6 is 11.3 Å². The first-order chi connectivity index (χ1) is 11.6. The summed E-state index contributed by atoms with van der Waals surface area (Å²) in [5.74, 6) is 0.0801. The Morgan fingerprint density at radius 1 is 1.29 bits per heavy atom. The van der Waals surface area contributed by atoms with Crippen molar-refractivity contribution in [2.24, 2.45) is 5.92 Å². The van der Waals surface area contributed by atoms with Gasteiger partial charge in [-0.15, -0.1) is 11.3 Å². The second-order valence-corrected chi connectivity index (χ2v) is 7.14. The average Bonchev–Trinajstić information content (AvgIpc) is 2.98. The van der Waals surface area contributed by atoms with Crippen LogP contribution in [-0.2, 0) is 17.6 Å². The number of anilines is 1. The molecule has 1 heterocycles. The number of fused-ring (bicyclic) bond motifs is 1. The molecule has 3 rings (SSSR count). The number of hydrogen-bond donors (Lipinski definition) is 1. The third-order valence-electron chi connectivity index (χ3n) is 4.60. The number of carbonyl (C=O) groups excluding carboxylic acids is 2.